The summed E-state index contributed by atoms with van der Waals surface area (Å²) in [6, 6.07) is 6.27. The first-order valence-electron chi connectivity index (χ1n) is 7.82. The average molecular weight is 331 g/mol. The largest absolute Gasteiger partial charge is 0.490 e. The SMILES string of the molecule is Fc1ccc(OC2CCN(Cc3cn4ccsc4n3)CC2)cc1. The Hall–Kier alpha value is -1.92. The van der Waals surface area contributed by atoms with E-state index in [2.05, 4.69) is 20.5 Å². The zero-order chi connectivity index (χ0) is 15.6. The Labute approximate surface area is 138 Å². The Morgan fingerprint density at radius 3 is 2.74 bits per heavy atom. The molecule has 1 saturated heterocycles. The number of nitrogens with zero attached hydrogens (tertiary/aromatic N) is 3. The smallest absolute Gasteiger partial charge is 0.193 e. The van der Waals surface area contributed by atoms with Gasteiger partial charge in [-0.2, -0.15) is 0 Å². The summed E-state index contributed by atoms with van der Waals surface area (Å²) in [7, 11) is 0. The Kier molecular flexibility index (Phi) is 4.01. The van der Waals surface area contributed by atoms with Crippen LogP contribution in [0.4, 0.5) is 4.39 Å². The summed E-state index contributed by atoms with van der Waals surface area (Å²) in [6.07, 6.45) is 6.33. The van der Waals surface area contributed by atoms with Crippen LogP contribution in [0.5, 0.6) is 5.75 Å². The highest BCUT2D eigenvalue weighted by molar-refractivity contribution is 7.15. The van der Waals surface area contributed by atoms with Crippen LogP contribution < -0.4 is 4.74 Å². The minimum atomic E-state index is -0.229. The molecule has 3 heterocycles. The Bertz CT molecular complexity index is 746. The number of piperidine rings is 1. The fourth-order valence-electron chi connectivity index (χ4n) is 2.97. The van der Waals surface area contributed by atoms with E-state index in [1.165, 1.54) is 12.1 Å². The van der Waals surface area contributed by atoms with Gasteiger partial charge in [-0.05, 0) is 37.1 Å². The van der Waals surface area contributed by atoms with E-state index in [9.17, 15) is 4.39 Å². The molecule has 1 aromatic carbocycles. The number of likely N-dealkylation sites (tertiary alicyclic amines) is 1. The fourth-order valence-corrected chi connectivity index (χ4v) is 3.69. The highest BCUT2D eigenvalue weighted by Crippen LogP contribution is 2.21. The first kappa shape index (κ1) is 14.7. The standard InChI is InChI=1S/C17H18FN3OS/c18-13-1-3-15(4-2-13)22-16-5-7-20(8-6-16)11-14-12-21-9-10-23-17(21)19-14/h1-4,9-10,12,16H,5-8,11H2. The normalized spacial score (nSPS) is 16.9. The van der Waals surface area contributed by atoms with E-state index < -0.39 is 0 Å². The maximum atomic E-state index is 12.9. The number of rotatable bonds is 4. The number of benzene rings is 1. The quantitative estimate of drug-likeness (QED) is 0.732. The molecule has 4 nitrogen and oxygen atoms in total. The zero-order valence-electron chi connectivity index (χ0n) is 12.7. The maximum Gasteiger partial charge on any atom is 0.193 e. The molecular formula is C17H18FN3OS. The lowest BCUT2D eigenvalue weighted by atomic mass is 10.1. The van der Waals surface area contributed by atoms with Gasteiger partial charge in [-0.25, -0.2) is 9.37 Å². The molecule has 0 aliphatic carbocycles. The lowest BCUT2D eigenvalue weighted by molar-refractivity contribution is 0.0961. The number of aromatic nitrogens is 2. The third-order valence-electron chi connectivity index (χ3n) is 4.18. The van der Waals surface area contributed by atoms with Crippen molar-refractivity contribution in [2.45, 2.75) is 25.5 Å². The number of hydrogen-bond acceptors (Lipinski definition) is 4. The predicted molar refractivity (Wildman–Crippen MR) is 88.4 cm³/mol. The first-order valence-corrected chi connectivity index (χ1v) is 8.70. The van der Waals surface area contributed by atoms with E-state index in [0.717, 1.165) is 48.9 Å². The van der Waals surface area contributed by atoms with E-state index >= 15 is 0 Å². The predicted octanol–water partition coefficient (Wildman–Crippen LogP) is 3.58. The molecule has 0 spiro atoms. The molecule has 0 atom stereocenters. The average Bonchev–Trinajstić information content (AvgIpc) is 3.13. The van der Waals surface area contributed by atoms with Gasteiger partial charge >= 0.3 is 0 Å². The van der Waals surface area contributed by atoms with Crippen LogP contribution >= 0.6 is 11.3 Å². The van der Waals surface area contributed by atoms with Gasteiger partial charge in [0, 0.05) is 37.4 Å². The summed E-state index contributed by atoms with van der Waals surface area (Å²) in [6.45, 7) is 2.88. The molecule has 0 radical (unpaired) electrons. The molecule has 0 N–H and O–H groups in total. The van der Waals surface area contributed by atoms with Crippen LogP contribution in [-0.4, -0.2) is 33.5 Å². The van der Waals surface area contributed by atoms with Crippen LogP contribution in [0.2, 0.25) is 0 Å². The van der Waals surface area contributed by atoms with Gasteiger partial charge in [-0.15, -0.1) is 11.3 Å². The molecule has 0 amide bonds. The van der Waals surface area contributed by atoms with Gasteiger partial charge in [-0.1, -0.05) is 0 Å². The summed E-state index contributed by atoms with van der Waals surface area (Å²) in [4.78, 5) is 8.10. The van der Waals surface area contributed by atoms with Gasteiger partial charge in [-0.3, -0.25) is 9.30 Å². The lowest BCUT2D eigenvalue weighted by Crippen LogP contribution is -2.37. The Morgan fingerprint density at radius 2 is 2.00 bits per heavy atom. The molecule has 1 aliphatic rings. The second-order valence-corrected chi connectivity index (χ2v) is 6.75. The summed E-state index contributed by atoms with van der Waals surface area (Å²) in [5.74, 6) is 0.520. The number of imidazole rings is 1. The summed E-state index contributed by atoms with van der Waals surface area (Å²) < 4.78 is 20.9. The van der Waals surface area contributed by atoms with Crippen molar-refractivity contribution in [2.75, 3.05) is 13.1 Å². The molecule has 3 aromatic rings. The van der Waals surface area contributed by atoms with Gasteiger partial charge in [0.05, 0.1) is 5.69 Å². The van der Waals surface area contributed by atoms with E-state index in [-0.39, 0.29) is 11.9 Å². The van der Waals surface area contributed by atoms with Crippen molar-refractivity contribution in [3.63, 3.8) is 0 Å². The van der Waals surface area contributed by atoms with Gasteiger partial charge in [0.25, 0.3) is 0 Å². The second-order valence-electron chi connectivity index (χ2n) is 5.87. The molecular weight excluding hydrogens is 313 g/mol. The van der Waals surface area contributed by atoms with Crippen molar-refractivity contribution in [1.29, 1.82) is 0 Å². The second kappa shape index (κ2) is 6.29. The van der Waals surface area contributed by atoms with Crippen molar-refractivity contribution in [2.24, 2.45) is 0 Å². The van der Waals surface area contributed by atoms with Crippen LogP contribution in [0.25, 0.3) is 4.96 Å². The molecule has 0 saturated carbocycles. The third-order valence-corrected chi connectivity index (χ3v) is 4.95. The highest BCUT2D eigenvalue weighted by Gasteiger charge is 2.21. The van der Waals surface area contributed by atoms with Crippen LogP contribution in [0.1, 0.15) is 18.5 Å². The molecule has 1 fully saturated rings. The lowest BCUT2D eigenvalue weighted by Gasteiger charge is -2.31. The molecule has 4 rings (SSSR count). The molecule has 23 heavy (non-hydrogen) atoms. The van der Waals surface area contributed by atoms with Gasteiger partial charge < -0.3 is 4.74 Å². The minimum Gasteiger partial charge on any atom is -0.490 e. The van der Waals surface area contributed by atoms with Crippen molar-refractivity contribution in [3.8, 4) is 5.75 Å². The molecule has 0 bridgehead atoms. The number of halogens is 1. The Balaban J connectivity index is 1.30. The number of ether oxygens (including phenoxy) is 1. The van der Waals surface area contributed by atoms with Gasteiger partial charge in [0.2, 0.25) is 0 Å². The monoisotopic (exact) mass is 331 g/mol. The van der Waals surface area contributed by atoms with Crippen LogP contribution in [0, 0.1) is 5.82 Å². The van der Waals surface area contributed by atoms with Crippen molar-refractivity contribution >= 4 is 16.3 Å². The van der Waals surface area contributed by atoms with Crippen molar-refractivity contribution in [1.82, 2.24) is 14.3 Å². The molecule has 0 unspecified atom stereocenters. The van der Waals surface area contributed by atoms with Crippen LogP contribution in [-0.2, 0) is 6.54 Å². The van der Waals surface area contributed by atoms with Gasteiger partial charge in [0.15, 0.2) is 4.96 Å². The third kappa shape index (κ3) is 3.38. The van der Waals surface area contributed by atoms with E-state index in [4.69, 9.17) is 4.74 Å². The molecule has 1 aliphatic heterocycles. The number of thiazole rings is 1. The maximum absolute atomic E-state index is 12.9. The highest BCUT2D eigenvalue weighted by atomic mass is 32.1. The topological polar surface area (TPSA) is 29.8 Å². The Morgan fingerprint density at radius 1 is 1.22 bits per heavy atom. The van der Waals surface area contributed by atoms with Crippen molar-refractivity contribution in [3.05, 3.63) is 53.6 Å². The van der Waals surface area contributed by atoms with Crippen molar-refractivity contribution < 1.29 is 9.13 Å². The number of fused-ring (bicyclic) bond motifs is 1. The van der Waals surface area contributed by atoms with E-state index in [0.29, 0.717) is 0 Å². The summed E-state index contributed by atoms with van der Waals surface area (Å²) in [5, 5.41) is 2.05. The number of hydrogen-bond donors (Lipinski definition) is 0. The summed E-state index contributed by atoms with van der Waals surface area (Å²) >= 11 is 1.66. The van der Waals surface area contributed by atoms with Gasteiger partial charge in [0.1, 0.15) is 17.7 Å². The summed E-state index contributed by atoms with van der Waals surface area (Å²) in [5.41, 5.74) is 1.12. The van der Waals surface area contributed by atoms with Crippen LogP contribution in [0.3, 0.4) is 0 Å². The molecule has 2 aromatic heterocycles. The fraction of sp³-hybridized carbons (Fsp3) is 0.353. The van der Waals surface area contributed by atoms with E-state index in [1.807, 2.05) is 11.6 Å². The van der Waals surface area contributed by atoms with E-state index in [1.54, 1.807) is 23.5 Å². The molecule has 120 valence electrons. The molecule has 6 heteroatoms. The first-order chi connectivity index (χ1) is 11.3. The van der Waals surface area contributed by atoms with Crippen LogP contribution in [0.15, 0.2) is 42.0 Å². The minimum absolute atomic E-state index is 0.210. The zero-order valence-corrected chi connectivity index (χ0v) is 13.5.